The quantitative estimate of drug-likeness (QED) is 0.182. The van der Waals surface area contributed by atoms with E-state index >= 15 is 0 Å². The zero-order chi connectivity index (χ0) is 24.4. The average Bonchev–Trinajstić information content (AvgIpc) is 3.44. The van der Waals surface area contributed by atoms with Crippen molar-refractivity contribution in [1.82, 2.24) is 0 Å². The third kappa shape index (κ3) is 2.73. The maximum atomic E-state index is 6.79. The summed E-state index contributed by atoms with van der Waals surface area (Å²) in [6, 6.07) is 29.0. The molecule has 0 aliphatic carbocycles. The zero-order valence-electron chi connectivity index (χ0n) is 20.1. The van der Waals surface area contributed by atoms with Gasteiger partial charge in [0.05, 0.1) is 10.0 Å². The van der Waals surface area contributed by atoms with Crippen LogP contribution in [-0.4, -0.2) is 0 Å². The van der Waals surface area contributed by atoms with Gasteiger partial charge in [-0.05, 0) is 73.5 Å². The maximum absolute atomic E-state index is 6.79. The van der Waals surface area contributed by atoms with E-state index in [1.807, 2.05) is 22.7 Å². The minimum atomic E-state index is -0.765. The summed E-state index contributed by atoms with van der Waals surface area (Å²) in [6.45, 7) is 4.27. The van der Waals surface area contributed by atoms with Crippen LogP contribution in [0.15, 0.2) is 78.9 Å². The van der Waals surface area contributed by atoms with Crippen molar-refractivity contribution in [2.45, 2.75) is 13.8 Å². The van der Waals surface area contributed by atoms with Gasteiger partial charge in [0, 0.05) is 54.2 Å². The summed E-state index contributed by atoms with van der Waals surface area (Å²) in [5, 5.41) is 8.93. The molecule has 5 heteroatoms. The Labute approximate surface area is 222 Å². The van der Waals surface area contributed by atoms with Gasteiger partial charge in [0.25, 0.3) is 0 Å². The molecule has 0 spiro atoms. The Morgan fingerprint density at radius 1 is 0.568 bits per heavy atom. The first kappa shape index (κ1) is 20.6. The van der Waals surface area contributed by atoms with E-state index in [0.717, 1.165) is 23.0 Å². The monoisotopic (exact) mass is 530 g/mol. The van der Waals surface area contributed by atoms with Crippen LogP contribution in [0.25, 0.3) is 40.3 Å². The molecule has 4 heterocycles. The van der Waals surface area contributed by atoms with E-state index < -0.39 is 7.92 Å². The highest BCUT2D eigenvalue weighted by Crippen LogP contribution is 2.57. The van der Waals surface area contributed by atoms with Crippen molar-refractivity contribution >= 4 is 86.9 Å². The smallest absolute Gasteiger partial charge is 0.157 e. The van der Waals surface area contributed by atoms with Crippen LogP contribution in [0.3, 0.4) is 0 Å². The summed E-state index contributed by atoms with van der Waals surface area (Å²) in [4.78, 5) is 0. The fourth-order valence-electron chi connectivity index (χ4n) is 5.82. The number of hydrogen-bond donors (Lipinski definition) is 0. The molecule has 5 aromatic carbocycles. The SMILES string of the molecule is Cc1ccc2c(c1)Oc1cc3c(sc4cc5c(cc43)sc3ccccc35)c3c1P2c1ccc(C)cc1O3. The Morgan fingerprint density at radius 3 is 2.03 bits per heavy atom. The molecule has 0 saturated carbocycles. The molecule has 0 radical (unpaired) electrons. The minimum Gasteiger partial charge on any atom is -0.456 e. The van der Waals surface area contributed by atoms with Crippen molar-refractivity contribution in [1.29, 1.82) is 0 Å². The molecule has 2 aliphatic rings. The zero-order valence-corrected chi connectivity index (χ0v) is 22.6. The first-order chi connectivity index (χ1) is 18.1. The molecule has 0 N–H and O–H groups in total. The van der Waals surface area contributed by atoms with Gasteiger partial charge >= 0.3 is 0 Å². The molecule has 37 heavy (non-hydrogen) atoms. The molecule has 2 aromatic heterocycles. The van der Waals surface area contributed by atoms with E-state index in [2.05, 4.69) is 92.7 Å². The number of ether oxygens (including phenoxy) is 2. The van der Waals surface area contributed by atoms with Gasteiger partial charge in [-0.15, -0.1) is 22.7 Å². The molecule has 1 atom stereocenters. The molecule has 0 fully saturated rings. The van der Waals surface area contributed by atoms with E-state index in [1.54, 1.807) is 0 Å². The number of hydrogen-bond acceptors (Lipinski definition) is 4. The lowest BCUT2D eigenvalue weighted by Gasteiger charge is -2.35. The molecular formula is C32H19O2PS2. The van der Waals surface area contributed by atoms with Crippen molar-refractivity contribution < 1.29 is 9.47 Å². The first-order valence-electron chi connectivity index (χ1n) is 12.3. The summed E-state index contributed by atoms with van der Waals surface area (Å²) in [5.74, 6) is 3.88. The van der Waals surface area contributed by atoms with Crippen LogP contribution in [0.2, 0.25) is 0 Å². The third-order valence-electron chi connectivity index (χ3n) is 7.52. The van der Waals surface area contributed by atoms with Gasteiger partial charge in [-0.3, -0.25) is 0 Å². The lowest BCUT2D eigenvalue weighted by atomic mass is 10.1. The van der Waals surface area contributed by atoms with Crippen LogP contribution >= 0.6 is 30.6 Å². The lowest BCUT2D eigenvalue weighted by Crippen LogP contribution is -2.32. The number of fused-ring (bicyclic) bond motifs is 11. The molecule has 1 unspecified atom stereocenters. The van der Waals surface area contributed by atoms with Gasteiger partial charge in [-0.25, -0.2) is 0 Å². The van der Waals surface area contributed by atoms with Gasteiger partial charge in [0.1, 0.15) is 17.2 Å². The third-order valence-corrected chi connectivity index (χ3v) is 12.4. The van der Waals surface area contributed by atoms with E-state index in [0.29, 0.717) is 0 Å². The van der Waals surface area contributed by atoms with Crippen molar-refractivity contribution in [3.8, 4) is 23.0 Å². The van der Waals surface area contributed by atoms with Crippen LogP contribution in [0.1, 0.15) is 11.1 Å². The van der Waals surface area contributed by atoms with Gasteiger partial charge in [-0.1, -0.05) is 30.3 Å². The lowest BCUT2D eigenvalue weighted by molar-refractivity contribution is 0.471. The normalized spacial score (nSPS) is 15.5. The highest BCUT2D eigenvalue weighted by atomic mass is 32.1. The maximum Gasteiger partial charge on any atom is 0.157 e. The van der Waals surface area contributed by atoms with E-state index in [4.69, 9.17) is 9.47 Å². The second-order valence-corrected chi connectivity index (χ2v) is 14.2. The summed E-state index contributed by atoms with van der Waals surface area (Å²) in [7, 11) is -0.765. The number of rotatable bonds is 0. The molecular weight excluding hydrogens is 511 g/mol. The molecule has 9 rings (SSSR count). The van der Waals surface area contributed by atoms with Crippen molar-refractivity contribution in [3.63, 3.8) is 0 Å². The molecule has 7 aromatic rings. The van der Waals surface area contributed by atoms with E-state index in [-0.39, 0.29) is 0 Å². The largest absolute Gasteiger partial charge is 0.456 e. The van der Waals surface area contributed by atoms with Crippen LogP contribution in [0.5, 0.6) is 23.0 Å². The molecule has 176 valence electrons. The Kier molecular flexibility index (Phi) is 3.96. The molecule has 0 saturated heterocycles. The van der Waals surface area contributed by atoms with Crippen LogP contribution in [0.4, 0.5) is 0 Å². The fourth-order valence-corrected chi connectivity index (χ4v) is 10.8. The number of benzene rings is 5. The van der Waals surface area contributed by atoms with Gasteiger partial charge < -0.3 is 9.47 Å². The predicted molar refractivity (Wildman–Crippen MR) is 161 cm³/mol. The van der Waals surface area contributed by atoms with Crippen molar-refractivity contribution in [2.24, 2.45) is 0 Å². The van der Waals surface area contributed by atoms with Gasteiger partial charge in [0.2, 0.25) is 0 Å². The molecule has 2 nitrogen and oxygen atoms in total. The van der Waals surface area contributed by atoms with Crippen LogP contribution < -0.4 is 25.4 Å². The molecule has 0 amide bonds. The first-order valence-corrected chi connectivity index (χ1v) is 15.3. The highest BCUT2D eigenvalue weighted by molar-refractivity contribution is 7.80. The number of aryl methyl sites for hydroxylation is 2. The summed E-state index contributed by atoms with van der Waals surface area (Å²) < 4.78 is 18.6. The summed E-state index contributed by atoms with van der Waals surface area (Å²) in [6.07, 6.45) is 0. The summed E-state index contributed by atoms with van der Waals surface area (Å²) in [5.41, 5.74) is 2.43. The van der Waals surface area contributed by atoms with E-state index in [1.165, 1.54) is 67.4 Å². The Hall–Kier alpha value is -3.43. The average molecular weight is 531 g/mol. The standard InChI is InChI=1S/C32H19O2PS2/c1-16-7-9-25-22(11-16)33-24-13-21-20-15-28-19(18-5-3-4-6-27(18)36-28)14-29(20)37-32(21)30-31(24)35(25)26-10-8-17(2)12-23(26)34-30/h3-15H,1-2H3. The highest BCUT2D eigenvalue weighted by Gasteiger charge is 2.38. The second-order valence-electron chi connectivity index (χ2n) is 9.96. The topological polar surface area (TPSA) is 18.5 Å². The summed E-state index contributed by atoms with van der Waals surface area (Å²) >= 11 is 3.71. The van der Waals surface area contributed by atoms with Gasteiger partial charge in [-0.2, -0.15) is 0 Å². The fraction of sp³-hybridized carbons (Fsp3) is 0.0625. The van der Waals surface area contributed by atoms with E-state index in [9.17, 15) is 0 Å². The molecule has 2 aliphatic heterocycles. The Balaban J connectivity index is 1.39. The van der Waals surface area contributed by atoms with Crippen LogP contribution in [0, 0.1) is 13.8 Å². The van der Waals surface area contributed by atoms with Crippen LogP contribution in [-0.2, 0) is 0 Å². The Morgan fingerprint density at radius 2 is 1.24 bits per heavy atom. The molecule has 0 bridgehead atoms. The predicted octanol–water partition coefficient (Wildman–Crippen LogP) is 9.01. The number of thiophene rings is 2. The Bertz CT molecular complexity index is 2120. The minimum absolute atomic E-state index is 0.765. The van der Waals surface area contributed by atoms with Crippen molar-refractivity contribution in [3.05, 3.63) is 90.0 Å². The second kappa shape index (κ2) is 7.11. The van der Waals surface area contributed by atoms with Crippen molar-refractivity contribution in [2.75, 3.05) is 0 Å². The van der Waals surface area contributed by atoms with Gasteiger partial charge in [0.15, 0.2) is 5.75 Å².